The van der Waals surface area contributed by atoms with Crippen molar-refractivity contribution in [3.8, 4) is 0 Å². The number of rotatable bonds is 4. The number of amides is 1. The lowest BCUT2D eigenvalue weighted by Gasteiger charge is -2.13. The lowest BCUT2D eigenvalue weighted by molar-refractivity contribution is -0.116. The van der Waals surface area contributed by atoms with E-state index >= 15 is 0 Å². The van der Waals surface area contributed by atoms with Gasteiger partial charge in [-0.2, -0.15) is 5.10 Å². The topological polar surface area (TPSA) is 81.8 Å². The molecule has 0 atom stereocenters. The fraction of sp³-hybridized carbons (Fsp3) is 0.250. The number of hydrogen-bond acceptors (Lipinski definition) is 4. The maximum absolute atomic E-state index is 12.3. The van der Waals surface area contributed by atoms with Gasteiger partial charge in [-0.3, -0.25) is 14.2 Å². The molecule has 0 aliphatic rings. The Labute approximate surface area is 132 Å². The maximum Gasteiger partial charge on any atom is 0.269 e. The van der Waals surface area contributed by atoms with Crippen molar-refractivity contribution in [2.75, 3.05) is 5.32 Å². The average molecular weight is 311 g/mol. The second-order valence-electron chi connectivity index (χ2n) is 5.47. The van der Waals surface area contributed by atoms with E-state index in [2.05, 4.69) is 15.4 Å². The summed E-state index contributed by atoms with van der Waals surface area (Å²) in [5, 5.41) is 6.96. The highest BCUT2D eigenvalue weighted by Crippen LogP contribution is 2.13. The van der Waals surface area contributed by atoms with Crippen molar-refractivity contribution in [2.45, 2.75) is 26.4 Å². The Hall–Kier alpha value is -2.96. The number of benzene rings is 1. The van der Waals surface area contributed by atoms with Crippen molar-refractivity contribution >= 4 is 22.8 Å². The Morgan fingerprint density at radius 1 is 1.26 bits per heavy atom. The molecule has 2 heterocycles. The van der Waals surface area contributed by atoms with E-state index in [0.29, 0.717) is 16.9 Å². The Morgan fingerprint density at radius 3 is 2.83 bits per heavy atom. The van der Waals surface area contributed by atoms with Gasteiger partial charge in [0.2, 0.25) is 5.91 Å². The molecule has 1 aromatic carbocycles. The number of carbonyl (C=O) groups is 1. The quantitative estimate of drug-likeness (QED) is 0.796. The van der Waals surface area contributed by atoms with Crippen LogP contribution in [0.1, 0.15) is 19.9 Å². The smallest absolute Gasteiger partial charge is 0.269 e. The van der Waals surface area contributed by atoms with Crippen molar-refractivity contribution in [3.05, 3.63) is 53.1 Å². The minimum Gasteiger partial charge on any atom is -0.309 e. The number of hydrogen-bond donors (Lipinski definition) is 1. The molecule has 0 fully saturated rings. The van der Waals surface area contributed by atoms with E-state index in [-0.39, 0.29) is 24.1 Å². The van der Waals surface area contributed by atoms with Crippen LogP contribution in [0.15, 0.2) is 47.5 Å². The molecule has 0 saturated carbocycles. The van der Waals surface area contributed by atoms with Gasteiger partial charge in [-0.15, -0.1) is 0 Å². The third kappa shape index (κ3) is 2.98. The van der Waals surface area contributed by atoms with Crippen LogP contribution in [0.25, 0.3) is 11.0 Å². The van der Waals surface area contributed by atoms with Crippen LogP contribution >= 0.6 is 0 Å². The van der Waals surface area contributed by atoms with Gasteiger partial charge in [0.05, 0.1) is 23.4 Å². The van der Waals surface area contributed by atoms with Crippen molar-refractivity contribution in [1.29, 1.82) is 0 Å². The van der Waals surface area contributed by atoms with Crippen LogP contribution in [-0.2, 0) is 11.3 Å². The Bertz CT molecular complexity index is 910. The summed E-state index contributed by atoms with van der Waals surface area (Å²) < 4.78 is 3.12. The summed E-state index contributed by atoms with van der Waals surface area (Å²) in [5.41, 5.74) is 0.996. The standard InChI is InChI=1S/C16H17N5O2/c1-11(2)21-14(7-8-18-21)19-15(22)10-20-13-6-4-3-5-12(13)17-9-16(20)23/h3-9,11H,10H2,1-2H3,(H,19,22). The molecule has 0 radical (unpaired) electrons. The van der Waals surface area contributed by atoms with E-state index < -0.39 is 0 Å². The summed E-state index contributed by atoms with van der Waals surface area (Å²) in [6, 6.07) is 9.08. The van der Waals surface area contributed by atoms with E-state index in [0.717, 1.165) is 0 Å². The molecular formula is C16H17N5O2. The maximum atomic E-state index is 12.3. The largest absolute Gasteiger partial charge is 0.309 e. The van der Waals surface area contributed by atoms with Crippen molar-refractivity contribution in [1.82, 2.24) is 19.3 Å². The molecular weight excluding hydrogens is 294 g/mol. The summed E-state index contributed by atoms with van der Waals surface area (Å²) >= 11 is 0. The molecule has 0 spiro atoms. The van der Waals surface area contributed by atoms with E-state index in [1.165, 1.54) is 10.8 Å². The monoisotopic (exact) mass is 311 g/mol. The van der Waals surface area contributed by atoms with E-state index in [9.17, 15) is 9.59 Å². The zero-order chi connectivity index (χ0) is 16.4. The fourth-order valence-electron chi connectivity index (χ4n) is 2.43. The third-order valence-electron chi connectivity index (χ3n) is 3.48. The lowest BCUT2D eigenvalue weighted by atomic mass is 10.3. The number of aromatic nitrogens is 4. The molecule has 1 N–H and O–H groups in total. The normalized spacial score (nSPS) is 11.1. The van der Waals surface area contributed by atoms with E-state index in [1.807, 2.05) is 26.0 Å². The van der Waals surface area contributed by atoms with Crippen molar-refractivity contribution < 1.29 is 4.79 Å². The summed E-state index contributed by atoms with van der Waals surface area (Å²) in [7, 11) is 0. The van der Waals surface area contributed by atoms with Crippen LogP contribution in [0.4, 0.5) is 5.82 Å². The Morgan fingerprint density at radius 2 is 2.04 bits per heavy atom. The minimum absolute atomic E-state index is 0.0782. The Kier molecular flexibility index (Phi) is 3.92. The van der Waals surface area contributed by atoms with Crippen LogP contribution < -0.4 is 10.9 Å². The van der Waals surface area contributed by atoms with Gasteiger partial charge in [0.25, 0.3) is 5.56 Å². The highest BCUT2D eigenvalue weighted by Gasteiger charge is 2.12. The lowest BCUT2D eigenvalue weighted by Crippen LogP contribution is -2.28. The molecule has 0 aliphatic carbocycles. The summed E-state index contributed by atoms with van der Waals surface area (Å²) in [5.74, 6) is 0.322. The van der Waals surface area contributed by atoms with Crippen molar-refractivity contribution in [3.63, 3.8) is 0 Å². The zero-order valence-corrected chi connectivity index (χ0v) is 12.9. The van der Waals surface area contributed by atoms with Crippen LogP contribution in [0, 0.1) is 0 Å². The van der Waals surface area contributed by atoms with Crippen LogP contribution in [0.3, 0.4) is 0 Å². The average Bonchev–Trinajstić information content (AvgIpc) is 2.98. The summed E-state index contributed by atoms with van der Waals surface area (Å²) in [4.78, 5) is 28.4. The SMILES string of the molecule is CC(C)n1nccc1NC(=O)Cn1c(=O)cnc2ccccc21. The second kappa shape index (κ2) is 6.04. The molecule has 118 valence electrons. The fourth-order valence-corrected chi connectivity index (χ4v) is 2.43. The van der Waals surface area contributed by atoms with Gasteiger partial charge in [-0.05, 0) is 26.0 Å². The molecule has 0 saturated heterocycles. The highest BCUT2D eigenvalue weighted by atomic mass is 16.2. The number of anilines is 1. The van der Waals surface area contributed by atoms with Gasteiger partial charge < -0.3 is 5.32 Å². The minimum atomic E-state index is -0.309. The van der Waals surface area contributed by atoms with Gasteiger partial charge in [-0.25, -0.2) is 9.67 Å². The van der Waals surface area contributed by atoms with Crippen LogP contribution in [0.5, 0.6) is 0 Å². The number of nitrogens with one attached hydrogen (secondary N) is 1. The second-order valence-corrected chi connectivity index (χ2v) is 5.47. The molecule has 7 heteroatoms. The number of nitrogens with zero attached hydrogens (tertiary/aromatic N) is 4. The predicted molar refractivity (Wildman–Crippen MR) is 87.2 cm³/mol. The first kappa shape index (κ1) is 15.0. The van der Waals surface area contributed by atoms with Gasteiger partial charge in [0.1, 0.15) is 12.4 Å². The van der Waals surface area contributed by atoms with Crippen molar-refractivity contribution in [2.24, 2.45) is 0 Å². The van der Waals surface area contributed by atoms with E-state index in [4.69, 9.17) is 0 Å². The molecule has 3 aromatic rings. The Balaban J connectivity index is 1.87. The van der Waals surface area contributed by atoms with Gasteiger partial charge in [0.15, 0.2) is 0 Å². The zero-order valence-electron chi connectivity index (χ0n) is 12.9. The summed E-state index contributed by atoms with van der Waals surface area (Å²) in [6.45, 7) is 3.87. The third-order valence-corrected chi connectivity index (χ3v) is 3.48. The molecule has 23 heavy (non-hydrogen) atoms. The molecule has 0 aliphatic heterocycles. The first-order chi connectivity index (χ1) is 11.1. The predicted octanol–water partition coefficient (Wildman–Crippen LogP) is 1.81. The molecule has 2 aromatic heterocycles. The van der Waals surface area contributed by atoms with Crippen LogP contribution in [0.2, 0.25) is 0 Å². The molecule has 3 rings (SSSR count). The first-order valence-electron chi connectivity index (χ1n) is 7.34. The first-order valence-corrected chi connectivity index (χ1v) is 7.34. The molecule has 0 bridgehead atoms. The van der Waals surface area contributed by atoms with E-state index in [1.54, 1.807) is 29.1 Å². The molecule has 0 unspecified atom stereocenters. The van der Waals surface area contributed by atoms with Crippen LogP contribution in [-0.4, -0.2) is 25.2 Å². The molecule has 1 amide bonds. The highest BCUT2D eigenvalue weighted by molar-refractivity contribution is 5.90. The van der Waals surface area contributed by atoms with Gasteiger partial charge >= 0.3 is 0 Å². The van der Waals surface area contributed by atoms with Gasteiger partial charge in [-0.1, -0.05) is 12.1 Å². The number of carbonyl (C=O) groups excluding carboxylic acids is 1. The number of para-hydroxylation sites is 2. The molecule has 7 nitrogen and oxygen atoms in total. The number of fused-ring (bicyclic) bond motifs is 1. The summed E-state index contributed by atoms with van der Waals surface area (Å²) in [6.07, 6.45) is 2.86. The van der Waals surface area contributed by atoms with Gasteiger partial charge in [0, 0.05) is 12.1 Å².